The van der Waals surface area contributed by atoms with Crippen molar-refractivity contribution < 1.29 is 18.6 Å². The molecule has 378 valence electrons. The van der Waals surface area contributed by atoms with E-state index in [0.29, 0.717) is 0 Å². The SMILES string of the molecule is C.C.C.C.C.C.C.C1CCCC1.C1CCCCC1.C1CCNCC1.C1CCOC1.C1CCOCC1.C1CCOCC1.c1ccc2[nH]ccc2c1.c1ccc2occc2c1.c1ccncc1. The second-order valence-electron chi connectivity index (χ2n) is 15.4. The van der Waals surface area contributed by atoms with Crippen LogP contribution in [0.3, 0.4) is 0 Å². The van der Waals surface area contributed by atoms with Crippen molar-refractivity contribution in [2.75, 3.05) is 52.7 Å². The van der Waals surface area contributed by atoms with Gasteiger partial charge in [-0.2, -0.15) is 0 Å². The molecule has 5 aromatic rings. The molecule has 0 atom stereocenters. The summed E-state index contributed by atoms with van der Waals surface area (Å²) in [6.07, 6.45) is 38.3. The average Bonchev–Trinajstić information content (AvgIpc) is 4.21. The van der Waals surface area contributed by atoms with Gasteiger partial charge in [0.15, 0.2) is 0 Å². The standard InChI is InChI=1S/C8H7N.C8H6O.C6H12.C5H11N.C5H5N.2C5H10O.C5H10.C4H8O.7CH4/c2*1-2-4-8-7(3-1)5-6-9-8;5*1-2-4-6-5-3-1;2*1-2-4-5-3-1;;;;;;;/h1-6,9H;1-6H;1-6H2;6H,1-5H2;1-5H;2*1-5H2;1-5H2;1-4H2;7*1H4. The molecule has 6 fully saturated rings. The van der Waals surface area contributed by atoms with E-state index in [1.165, 1.54) is 165 Å². The van der Waals surface area contributed by atoms with Gasteiger partial charge >= 0.3 is 0 Å². The van der Waals surface area contributed by atoms with E-state index >= 15 is 0 Å². The van der Waals surface area contributed by atoms with Gasteiger partial charge < -0.3 is 28.9 Å². The number of hydrogen-bond acceptors (Lipinski definition) is 6. The molecular formula is C58H107N3O4. The number of aromatic amines is 1. The first-order valence-corrected chi connectivity index (χ1v) is 23.2. The normalized spacial score (nSPS) is 16.1. The van der Waals surface area contributed by atoms with Gasteiger partial charge in [0.2, 0.25) is 0 Å². The number of hydrogen-bond donors (Lipinski definition) is 2. The number of H-pyrrole nitrogens is 1. The Hall–Kier alpha value is -3.49. The van der Waals surface area contributed by atoms with Crippen LogP contribution in [0.1, 0.15) is 193 Å². The third-order valence-electron chi connectivity index (χ3n) is 10.3. The molecular weight excluding hydrogens is 803 g/mol. The summed E-state index contributed by atoms with van der Waals surface area (Å²) in [6.45, 7) is 8.50. The van der Waals surface area contributed by atoms with E-state index in [-0.39, 0.29) is 52.0 Å². The third kappa shape index (κ3) is 41.7. The van der Waals surface area contributed by atoms with Gasteiger partial charge in [-0.3, -0.25) is 4.98 Å². The molecule has 0 unspecified atom stereocenters. The Morgan fingerprint density at radius 1 is 0.354 bits per heavy atom. The van der Waals surface area contributed by atoms with Gasteiger partial charge in [0.25, 0.3) is 0 Å². The first kappa shape index (κ1) is 70.5. The summed E-state index contributed by atoms with van der Waals surface area (Å²) in [5, 5.41) is 5.72. The van der Waals surface area contributed by atoms with Crippen LogP contribution >= 0.6 is 0 Å². The van der Waals surface area contributed by atoms with Gasteiger partial charge in [0.05, 0.1) is 6.26 Å². The molecule has 2 N–H and O–H groups in total. The summed E-state index contributed by atoms with van der Waals surface area (Å²) in [6, 6.07) is 25.9. The first-order chi connectivity index (χ1) is 28.9. The Bertz CT molecular complexity index is 1250. The largest absolute Gasteiger partial charge is 0.464 e. The minimum atomic E-state index is 0. The molecule has 11 rings (SSSR count). The number of nitrogens with one attached hydrogen (secondary N) is 2. The van der Waals surface area contributed by atoms with Crippen molar-refractivity contribution in [2.24, 2.45) is 0 Å². The lowest BCUT2D eigenvalue weighted by molar-refractivity contribution is 0.0967. The molecule has 2 aliphatic carbocycles. The highest BCUT2D eigenvalue weighted by atomic mass is 16.5. The van der Waals surface area contributed by atoms with E-state index in [0.717, 1.165) is 50.6 Å². The van der Waals surface area contributed by atoms with Gasteiger partial charge in [0.1, 0.15) is 5.58 Å². The molecule has 0 spiro atoms. The van der Waals surface area contributed by atoms with Crippen LogP contribution in [0.15, 0.2) is 108 Å². The maximum absolute atomic E-state index is 5.12. The fraction of sp³-hybridized carbons (Fsp3) is 0.638. The number of fused-ring (bicyclic) bond motifs is 2. The predicted octanol–water partition coefficient (Wildman–Crippen LogP) is 18.4. The second kappa shape index (κ2) is 54.8. The van der Waals surface area contributed by atoms with Crippen molar-refractivity contribution in [1.29, 1.82) is 0 Å². The quantitative estimate of drug-likeness (QED) is 0.161. The van der Waals surface area contributed by atoms with Crippen molar-refractivity contribution in [3.05, 3.63) is 104 Å². The summed E-state index contributed by atoms with van der Waals surface area (Å²) in [7, 11) is 0. The Morgan fingerprint density at radius 3 is 1.05 bits per heavy atom. The van der Waals surface area contributed by atoms with Crippen molar-refractivity contribution >= 4 is 21.9 Å². The number of nitrogens with zero attached hydrogens (tertiary/aromatic N) is 1. The van der Waals surface area contributed by atoms with Gasteiger partial charge in [-0.1, -0.05) is 172 Å². The van der Waals surface area contributed by atoms with Gasteiger partial charge in [-0.25, -0.2) is 0 Å². The number of rotatable bonds is 0. The fourth-order valence-electron chi connectivity index (χ4n) is 6.84. The zero-order valence-corrected chi connectivity index (χ0v) is 36.1. The van der Waals surface area contributed by atoms with E-state index in [9.17, 15) is 0 Å². The van der Waals surface area contributed by atoms with E-state index in [1.807, 2.05) is 66.9 Å². The summed E-state index contributed by atoms with van der Waals surface area (Å²) in [5.41, 5.74) is 2.16. The highest BCUT2D eigenvalue weighted by Gasteiger charge is 1.98. The summed E-state index contributed by atoms with van der Waals surface area (Å²) >= 11 is 0. The molecule has 2 saturated carbocycles. The lowest BCUT2D eigenvalue weighted by Crippen LogP contribution is -2.21. The van der Waals surface area contributed by atoms with Crippen LogP contribution in [-0.4, -0.2) is 62.7 Å². The van der Waals surface area contributed by atoms with E-state index in [2.05, 4.69) is 33.5 Å². The molecule has 7 nitrogen and oxygen atoms in total. The molecule has 4 saturated heterocycles. The van der Waals surface area contributed by atoms with Gasteiger partial charge in [-0.15, -0.1) is 0 Å². The van der Waals surface area contributed by atoms with Gasteiger partial charge in [0, 0.05) is 69.1 Å². The number of para-hydroxylation sites is 2. The van der Waals surface area contributed by atoms with Crippen LogP contribution in [0.2, 0.25) is 0 Å². The van der Waals surface area contributed by atoms with Crippen LogP contribution in [0.4, 0.5) is 0 Å². The smallest absolute Gasteiger partial charge is 0.133 e. The minimum Gasteiger partial charge on any atom is -0.464 e. The number of aromatic nitrogens is 2. The van der Waals surface area contributed by atoms with Crippen LogP contribution in [-0.2, 0) is 14.2 Å². The summed E-state index contributed by atoms with van der Waals surface area (Å²) < 4.78 is 20.2. The molecule has 0 radical (unpaired) electrons. The van der Waals surface area contributed by atoms with Crippen molar-refractivity contribution in [3.8, 4) is 0 Å². The third-order valence-corrected chi connectivity index (χ3v) is 10.3. The maximum atomic E-state index is 5.12. The molecule has 0 bridgehead atoms. The Labute approximate surface area is 404 Å². The second-order valence-corrected chi connectivity index (χ2v) is 15.4. The highest BCUT2D eigenvalue weighted by molar-refractivity contribution is 5.78. The van der Waals surface area contributed by atoms with Crippen LogP contribution in [0.25, 0.3) is 21.9 Å². The number of benzene rings is 2. The van der Waals surface area contributed by atoms with Crippen molar-refractivity contribution in [3.63, 3.8) is 0 Å². The molecule has 2 aromatic carbocycles. The monoisotopic (exact) mass is 910 g/mol. The molecule has 3 aromatic heterocycles. The Morgan fingerprint density at radius 2 is 0.738 bits per heavy atom. The predicted molar refractivity (Wildman–Crippen MR) is 293 cm³/mol. The molecule has 4 aliphatic heterocycles. The lowest BCUT2D eigenvalue weighted by atomic mass is 10.0. The number of furan rings is 1. The Balaban J connectivity index is -0.000000206. The highest BCUT2D eigenvalue weighted by Crippen LogP contribution is 2.16. The van der Waals surface area contributed by atoms with Crippen molar-refractivity contribution in [2.45, 2.75) is 193 Å². The molecule has 65 heavy (non-hydrogen) atoms. The summed E-state index contributed by atoms with van der Waals surface area (Å²) in [5.74, 6) is 0. The number of ether oxygens (including phenoxy) is 3. The maximum Gasteiger partial charge on any atom is 0.133 e. The molecule has 7 heteroatoms. The number of pyridine rings is 1. The topological polar surface area (TPSA) is 81.5 Å². The van der Waals surface area contributed by atoms with E-state index < -0.39 is 0 Å². The Kier molecular flexibility index (Phi) is 59.5. The number of piperidine rings is 1. The lowest BCUT2D eigenvalue weighted by Gasteiger charge is -2.08. The van der Waals surface area contributed by atoms with E-state index in [1.54, 1.807) is 18.7 Å². The van der Waals surface area contributed by atoms with Crippen molar-refractivity contribution in [1.82, 2.24) is 15.3 Å². The molecule has 6 aliphatic rings. The molecule has 0 amide bonds. The van der Waals surface area contributed by atoms with E-state index in [4.69, 9.17) is 18.6 Å². The molecule has 7 heterocycles. The van der Waals surface area contributed by atoms with Gasteiger partial charge in [-0.05, 0) is 119 Å². The fourth-order valence-corrected chi connectivity index (χ4v) is 6.84. The summed E-state index contributed by atoms with van der Waals surface area (Å²) in [4.78, 5) is 6.90. The first-order valence-electron chi connectivity index (χ1n) is 23.2. The van der Waals surface area contributed by atoms with Crippen LogP contribution in [0, 0.1) is 0 Å². The minimum absolute atomic E-state index is 0. The zero-order valence-electron chi connectivity index (χ0n) is 36.1. The van der Waals surface area contributed by atoms with Crippen LogP contribution < -0.4 is 5.32 Å². The van der Waals surface area contributed by atoms with Crippen LogP contribution in [0.5, 0.6) is 0 Å². The zero-order chi connectivity index (χ0) is 40.5. The average molecular weight is 911 g/mol.